The molecule has 2 N–H and O–H groups in total. The predicted molar refractivity (Wildman–Crippen MR) is 70.0 cm³/mol. The van der Waals surface area contributed by atoms with Crippen LogP contribution in [-0.4, -0.2) is 13.5 Å². The van der Waals surface area contributed by atoms with Crippen LogP contribution >= 0.6 is 0 Å². The van der Waals surface area contributed by atoms with Gasteiger partial charge in [-0.15, -0.1) is 0 Å². The summed E-state index contributed by atoms with van der Waals surface area (Å²) in [6.45, 7) is 1.52. The van der Waals surface area contributed by atoms with Crippen molar-refractivity contribution in [2.75, 3.05) is 4.72 Å². The number of phenolic OH excluding ortho intramolecular Hbond substituents is 1. The number of sulfonamides is 1. The van der Waals surface area contributed by atoms with Gasteiger partial charge in [0.15, 0.2) is 4.90 Å². The monoisotopic (exact) mass is 317 g/mol. The fraction of sp³-hybridized carbons (Fsp3) is 0.0769. The van der Waals surface area contributed by atoms with Crippen molar-refractivity contribution in [3.05, 3.63) is 53.3 Å². The van der Waals surface area contributed by atoms with Crippen LogP contribution < -0.4 is 4.72 Å². The first-order valence-corrected chi connectivity index (χ1v) is 7.16. The van der Waals surface area contributed by atoms with Gasteiger partial charge in [0.2, 0.25) is 0 Å². The first-order valence-electron chi connectivity index (χ1n) is 5.67. The van der Waals surface area contributed by atoms with Crippen molar-refractivity contribution in [3.63, 3.8) is 0 Å². The molecule has 0 fully saturated rings. The molecule has 0 radical (unpaired) electrons. The lowest BCUT2D eigenvalue weighted by atomic mass is 10.2. The molecule has 21 heavy (non-hydrogen) atoms. The van der Waals surface area contributed by atoms with Crippen molar-refractivity contribution in [2.45, 2.75) is 11.8 Å². The van der Waals surface area contributed by atoms with Crippen LogP contribution in [0.5, 0.6) is 5.75 Å². The Bertz CT molecular complexity index is 783. The van der Waals surface area contributed by atoms with Gasteiger partial charge >= 0.3 is 0 Å². The van der Waals surface area contributed by atoms with Crippen LogP contribution in [0.3, 0.4) is 0 Å². The summed E-state index contributed by atoms with van der Waals surface area (Å²) < 4.78 is 65.7. The molecule has 0 saturated carbocycles. The minimum Gasteiger partial charge on any atom is -0.508 e. The Morgan fingerprint density at radius 3 is 2.14 bits per heavy atom. The molecule has 0 atom stereocenters. The summed E-state index contributed by atoms with van der Waals surface area (Å²) in [6.07, 6.45) is 0. The number of hydrogen-bond acceptors (Lipinski definition) is 3. The summed E-state index contributed by atoms with van der Waals surface area (Å²) in [6, 6.07) is 4.29. The van der Waals surface area contributed by atoms with E-state index in [4.69, 9.17) is 0 Å². The van der Waals surface area contributed by atoms with Crippen molar-refractivity contribution in [1.82, 2.24) is 0 Å². The molecule has 0 amide bonds. The van der Waals surface area contributed by atoms with E-state index >= 15 is 0 Å². The topological polar surface area (TPSA) is 66.4 Å². The second-order valence-electron chi connectivity index (χ2n) is 4.31. The second kappa shape index (κ2) is 5.28. The fourth-order valence-electron chi connectivity index (χ4n) is 1.71. The van der Waals surface area contributed by atoms with Crippen molar-refractivity contribution in [1.29, 1.82) is 0 Å². The predicted octanol–water partition coefficient (Wildman–Crippen LogP) is 2.92. The zero-order valence-electron chi connectivity index (χ0n) is 10.7. The molecule has 4 nitrogen and oxygen atoms in total. The molecule has 0 aliphatic heterocycles. The molecule has 8 heteroatoms. The smallest absolute Gasteiger partial charge is 0.267 e. The van der Waals surface area contributed by atoms with Gasteiger partial charge < -0.3 is 5.11 Å². The van der Waals surface area contributed by atoms with Crippen LogP contribution in [0, 0.1) is 24.4 Å². The minimum absolute atomic E-state index is 0.00780. The van der Waals surface area contributed by atoms with Gasteiger partial charge in [0.25, 0.3) is 10.0 Å². The number of rotatable bonds is 3. The number of anilines is 1. The van der Waals surface area contributed by atoms with Crippen molar-refractivity contribution in [3.8, 4) is 5.75 Å². The fourth-order valence-corrected chi connectivity index (χ4v) is 2.88. The third-order valence-electron chi connectivity index (χ3n) is 2.68. The molecule has 0 aromatic heterocycles. The van der Waals surface area contributed by atoms with Crippen LogP contribution in [0.2, 0.25) is 0 Å². The lowest BCUT2D eigenvalue weighted by molar-refractivity contribution is 0.471. The van der Waals surface area contributed by atoms with E-state index in [-0.39, 0.29) is 23.6 Å². The van der Waals surface area contributed by atoms with Gasteiger partial charge in [0, 0.05) is 17.8 Å². The van der Waals surface area contributed by atoms with Gasteiger partial charge in [-0.05, 0) is 30.7 Å². The summed E-state index contributed by atoms with van der Waals surface area (Å²) in [4.78, 5) is -1.27. The summed E-state index contributed by atoms with van der Waals surface area (Å²) in [5.41, 5.74) is 0.378. The standard InChI is InChI=1S/C13H10F3NO3S/c1-7-4-9(2-3-12(7)18)17-21(19,20)13-10(15)5-8(14)6-11(13)16/h2-6,17-18H,1H3. The van der Waals surface area contributed by atoms with E-state index < -0.39 is 32.4 Å². The quantitative estimate of drug-likeness (QED) is 0.856. The minimum atomic E-state index is -4.57. The molecule has 0 aliphatic carbocycles. The van der Waals surface area contributed by atoms with E-state index in [1.54, 1.807) is 0 Å². The molecule has 2 aromatic rings. The molecule has 112 valence electrons. The highest BCUT2D eigenvalue weighted by molar-refractivity contribution is 7.92. The van der Waals surface area contributed by atoms with Gasteiger partial charge in [-0.25, -0.2) is 21.6 Å². The molecule has 0 aliphatic rings. The Morgan fingerprint density at radius 1 is 1.05 bits per heavy atom. The van der Waals surface area contributed by atoms with Crippen LogP contribution in [0.1, 0.15) is 5.56 Å². The summed E-state index contributed by atoms with van der Waals surface area (Å²) in [7, 11) is -4.57. The van der Waals surface area contributed by atoms with Crippen LogP contribution in [0.4, 0.5) is 18.9 Å². The second-order valence-corrected chi connectivity index (χ2v) is 5.92. The maximum Gasteiger partial charge on any atom is 0.267 e. The third kappa shape index (κ3) is 3.10. The number of hydrogen-bond donors (Lipinski definition) is 2. The lowest BCUT2D eigenvalue weighted by Gasteiger charge is -2.11. The first kappa shape index (κ1) is 15.2. The molecule has 0 heterocycles. The van der Waals surface area contributed by atoms with E-state index in [1.807, 2.05) is 4.72 Å². The molecular weight excluding hydrogens is 307 g/mol. The summed E-state index contributed by atoms with van der Waals surface area (Å²) in [5.74, 6) is -4.34. The highest BCUT2D eigenvalue weighted by Crippen LogP contribution is 2.25. The maximum atomic E-state index is 13.5. The van der Waals surface area contributed by atoms with E-state index in [1.165, 1.54) is 25.1 Å². The third-order valence-corrected chi connectivity index (χ3v) is 4.11. The molecule has 0 spiro atoms. The van der Waals surface area contributed by atoms with Crippen molar-refractivity contribution < 1.29 is 26.7 Å². The number of aryl methyl sites for hydroxylation is 1. The highest BCUT2D eigenvalue weighted by Gasteiger charge is 2.25. The lowest BCUT2D eigenvalue weighted by Crippen LogP contribution is -2.16. The Kier molecular flexibility index (Phi) is 3.82. The Morgan fingerprint density at radius 2 is 1.62 bits per heavy atom. The van der Waals surface area contributed by atoms with E-state index in [9.17, 15) is 26.7 Å². The number of aromatic hydroxyl groups is 1. The Hall–Kier alpha value is -2.22. The molecule has 0 unspecified atom stereocenters. The van der Waals surface area contributed by atoms with Gasteiger partial charge in [0.05, 0.1) is 0 Å². The molecular formula is C13H10F3NO3S. The zero-order chi connectivity index (χ0) is 15.8. The average molecular weight is 317 g/mol. The average Bonchev–Trinajstić information content (AvgIpc) is 2.31. The van der Waals surface area contributed by atoms with Gasteiger partial charge in [-0.3, -0.25) is 4.72 Å². The van der Waals surface area contributed by atoms with Crippen LogP contribution in [0.25, 0.3) is 0 Å². The SMILES string of the molecule is Cc1cc(NS(=O)(=O)c2c(F)cc(F)cc2F)ccc1O. The largest absolute Gasteiger partial charge is 0.508 e. The van der Waals surface area contributed by atoms with Crippen LogP contribution in [0.15, 0.2) is 35.2 Å². The summed E-state index contributed by atoms with van der Waals surface area (Å²) in [5, 5.41) is 9.34. The molecule has 0 saturated heterocycles. The number of nitrogens with one attached hydrogen (secondary N) is 1. The van der Waals surface area contributed by atoms with Crippen molar-refractivity contribution in [2.24, 2.45) is 0 Å². The van der Waals surface area contributed by atoms with Crippen molar-refractivity contribution >= 4 is 15.7 Å². The number of halogens is 3. The van der Waals surface area contributed by atoms with Crippen LogP contribution in [-0.2, 0) is 10.0 Å². The van der Waals surface area contributed by atoms with Gasteiger partial charge in [-0.2, -0.15) is 0 Å². The molecule has 0 bridgehead atoms. The number of phenols is 1. The van der Waals surface area contributed by atoms with E-state index in [0.29, 0.717) is 5.56 Å². The van der Waals surface area contributed by atoms with E-state index in [2.05, 4.69) is 0 Å². The normalized spacial score (nSPS) is 11.4. The van der Waals surface area contributed by atoms with Gasteiger partial charge in [-0.1, -0.05) is 0 Å². The summed E-state index contributed by atoms with van der Waals surface area (Å²) >= 11 is 0. The maximum absolute atomic E-state index is 13.5. The molecule has 2 rings (SSSR count). The van der Waals surface area contributed by atoms with Gasteiger partial charge in [0.1, 0.15) is 23.2 Å². The highest BCUT2D eigenvalue weighted by atomic mass is 32.2. The van der Waals surface area contributed by atoms with E-state index in [0.717, 1.165) is 0 Å². The number of benzene rings is 2. The Labute approximate surface area is 118 Å². The first-order chi connectivity index (χ1) is 9.70. The zero-order valence-corrected chi connectivity index (χ0v) is 11.5. The molecule has 2 aromatic carbocycles. The Balaban J connectivity index is 2.46.